The molecule has 1 aromatic heterocycles. The van der Waals surface area contributed by atoms with Gasteiger partial charge in [-0.1, -0.05) is 37.6 Å². The molecule has 1 fully saturated rings. The lowest BCUT2D eigenvalue weighted by Gasteiger charge is -2.28. The summed E-state index contributed by atoms with van der Waals surface area (Å²) in [4.78, 5) is 2.10. The Morgan fingerprint density at radius 2 is 1.92 bits per heavy atom. The maximum Gasteiger partial charge on any atom is 0.416 e. The first-order valence-electron chi connectivity index (χ1n) is 13.2. The fourth-order valence-corrected chi connectivity index (χ4v) is 4.19. The molecular formula is C30H39F5N4. The molecule has 39 heavy (non-hydrogen) atoms. The number of nitrogens with two attached hydrogens (primary N) is 1. The van der Waals surface area contributed by atoms with Crippen LogP contribution in [0.15, 0.2) is 76.3 Å². The Labute approximate surface area is 227 Å². The number of halogens is 5. The van der Waals surface area contributed by atoms with Crippen LogP contribution >= 0.6 is 0 Å². The van der Waals surface area contributed by atoms with E-state index in [0.717, 1.165) is 60.1 Å². The van der Waals surface area contributed by atoms with E-state index in [9.17, 15) is 22.0 Å². The normalized spacial score (nSPS) is 17.3. The summed E-state index contributed by atoms with van der Waals surface area (Å²) < 4.78 is 67.1. The molecule has 1 aliphatic rings. The van der Waals surface area contributed by atoms with Crippen LogP contribution in [-0.2, 0) is 6.67 Å². The summed E-state index contributed by atoms with van der Waals surface area (Å²) in [5.74, 6) is -0.223. The minimum Gasteiger partial charge on any atom is -0.382 e. The van der Waals surface area contributed by atoms with Crippen molar-refractivity contribution in [1.29, 1.82) is 0 Å². The van der Waals surface area contributed by atoms with Crippen molar-refractivity contribution in [2.24, 2.45) is 0 Å². The number of benzene rings is 1. The third-order valence-corrected chi connectivity index (χ3v) is 6.63. The molecule has 0 aliphatic carbocycles. The zero-order chi connectivity index (χ0) is 29.2. The van der Waals surface area contributed by atoms with Crippen molar-refractivity contribution in [3.63, 3.8) is 0 Å². The standard InChI is InChI=1S/C22H31F4N.C8H8FN3/c1-6-11-17(22(24,25)26)14-20(21(23)8-3)19(16(4)7-2)15-18-12-9-10-13-27(18)5;9-4-5-1-2-7-6(3-5)8(10)12-11-7/h8,11,14-15H,6-7,9-10,12-13H2,1-5H3;1-3H,4H2,(H3,10,11,12)/b17-11-,18-15-,19-16?,20-14-,21-8+;. The van der Waals surface area contributed by atoms with Gasteiger partial charge in [0.15, 0.2) is 5.82 Å². The van der Waals surface area contributed by atoms with Crippen molar-refractivity contribution in [1.82, 2.24) is 15.1 Å². The first-order valence-corrected chi connectivity index (χ1v) is 13.2. The van der Waals surface area contributed by atoms with Gasteiger partial charge in [-0.15, -0.1) is 0 Å². The van der Waals surface area contributed by atoms with Crippen molar-refractivity contribution >= 4 is 16.7 Å². The SMILES string of the molecule is C\C=C(F)/C(=C\C(=C\CC)C(F)(F)F)C(/C=C1/CCCCN1C)=C(C)CC.Nc1n[nH]c2ccc(CF)cc12. The van der Waals surface area contributed by atoms with Crippen molar-refractivity contribution in [2.45, 2.75) is 72.6 Å². The highest BCUT2D eigenvalue weighted by molar-refractivity contribution is 5.88. The number of piperidine rings is 1. The zero-order valence-electron chi connectivity index (χ0n) is 23.4. The van der Waals surface area contributed by atoms with Crippen LogP contribution in [0.25, 0.3) is 10.9 Å². The van der Waals surface area contributed by atoms with Gasteiger partial charge in [0.25, 0.3) is 0 Å². The van der Waals surface area contributed by atoms with Crippen LogP contribution in [0.5, 0.6) is 0 Å². The lowest BCUT2D eigenvalue weighted by Crippen LogP contribution is -2.23. The topological polar surface area (TPSA) is 57.9 Å². The van der Waals surface area contributed by atoms with Gasteiger partial charge in [0, 0.05) is 30.2 Å². The van der Waals surface area contributed by atoms with Gasteiger partial charge in [-0.25, -0.2) is 8.78 Å². The Morgan fingerprint density at radius 1 is 1.21 bits per heavy atom. The smallest absolute Gasteiger partial charge is 0.382 e. The van der Waals surface area contributed by atoms with Gasteiger partial charge in [-0.3, -0.25) is 5.10 Å². The molecule has 0 amide bonds. The van der Waals surface area contributed by atoms with Gasteiger partial charge in [-0.05, 0) is 81.4 Å². The number of nitrogens with one attached hydrogen (secondary N) is 1. The van der Waals surface area contributed by atoms with Crippen molar-refractivity contribution < 1.29 is 22.0 Å². The molecule has 3 N–H and O–H groups in total. The molecule has 1 saturated heterocycles. The minimum atomic E-state index is -4.52. The first kappa shape index (κ1) is 31.9. The second kappa shape index (κ2) is 14.7. The van der Waals surface area contributed by atoms with E-state index in [1.807, 2.05) is 27.0 Å². The predicted molar refractivity (Wildman–Crippen MR) is 150 cm³/mol. The first-order chi connectivity index (χ1) is 18.5. The van der Waals surface area contributed by atoms with Gasteiger partial charge in [0.1, 0.15) is 12.5 Å². The highest BCUT2D eigenvalue weighted by Gasteiger charge is 2.32. The molecule has 1 aromatic carbocycles. The Morgan fingerprint density at radius 3 is 2.49 bits per heavy atom. The maximum atomic E-state index is 14.7. The molecule has 2 heterocycles. The van der Waals surface area contributed by atoms with Crippen LogP contribution in [0.4, 0.5) is 27.8 Å². The molecule has 9 heteroatoms. The van der Waals surface area contributed by atoms with E-state index >= 15 is 0 Å². The second-order valence-corrected chi connectivity index (χ2v) is 9.44. The van der Waals surface area contributed by atoms with Crippen LogP contribution in [-0.4, -0.2) is 34.9 Å². The third kappa shape index (κ3) is 8.83. The molecule has 3 rings (SSSR count). The van der Waals surface area contributed by atoms with E-state index < -0.39 is 24.3 Å². The van der Waals surface area contributed by atoms with Crippen LogP contribution < -0.4 is 5.73 Å². The average molecular weight is 551 g/mol. The van der Waals surface area contributed by atoms with E-state index in [2.05, 4.69) is 15.1 Å². The number of hydrogen-bond donors (Lipinski definition) is 2. The molecule has 0 saturated carbocycles. The van der Waals surface area contributed by atoms with Crippen LogP contribution in [0.3, 0.4) is 0 Å². The molecule has 0 atom stereocenters. The number of nitrogens with zero attached hydrogens (tertiary/aromatic N) is 2. The molecular weight excluding hydrogens is 511 g/mol. The highest BCUT2D eigenvalue weighted by Crippen LogP contribution is 2.35. The highest BCUT2D eigenvalue weighted by atomic mass is 19.4. The number of H-pyrrole nitrogens is 1. The van der Waals surface area contributed by atoms with Crippen molar-refractivity contribution in [2.75, 3.05) is 19.3 Å². The van der Waals surface area contributed by atoms with Crippen LogP contribution in [0.2, 0.25) is 0 Å². The number of alkyl halides is 4. The number of anilines is 1. The fraction of sp³-hybridized carbons (Fsp3) is 0.433. The van der Waals surface area contributed by atoms with Gasteiger partial charge < -0.3 is 10.6 Å². The van der Waals surface area contributed by atoms with Gasteiger partial charge >= 0.3 is 6.18 Å². The van der Waals surface area contributed by atoms with Crippen LogP contribution in [0, 0.1) is 0 Å². The summed E-state index contributed by atoms with van der Waals surface area (Å²) in [5, 5.41) is 7.33. The summed E-state index contributed by atoms with van der Waals surface area (Å²) in [7, 11) is 1.97. The number of hydrogen-bond acceptors (Lipinski definition) is 3. The lowest BCUT2D eigenvalue weighted by molar-refractivity contribution is -0.0884. The van der Waals surface area contributed by atoms with Gasteiger partial charge in [-0.2, -0.15) is 18.3 Å². The summed E-state index contributed by atoms with van der Waals surface area (Å²) >= 11 is 0. The molecule has 0 unspecified atom stereocenters. The quantitative estimate of drug-likeness (QED) is 0.267. The Balaban J connectivity index is 0.000000364. The summed E-state index contributed by atoms with van der Waals surface area (Å²) in [5.41, 5.74) is 8.62. The number of nitrogen functional groups attached to an aromatic ring is 1. The summed E-state index contributed by atoms with van der Waals surface area (Å²) in [6.45, 7) is 7.34. The summed E-state index contributed by atoms with van der Waals surface area (Å²) in [6, 6.07) is 5.18. The maximum absolute atomic E-state index is 14.7. The zero-order valence-corrected chi connectivity index (χ0v) is 23.4. The van der Waals surface area contributed by atoms with Crippen molar-refractivity contribution in [3.05, 3.63) is 81.9 Å². The Bertz CT molecular complexity index is 1260. The number of likely N-dealkylation sites (tertiary alicyclic amines) is 1. The molecule has 0 spiro atoms. The molecule has 0 radical (unpaired) electrons. The molecule has 1 aliphatic heterocycles. The van der Waals surface area contributed by atoms with E-state index in [0.29, 0.717) is 23.4 Å². The largest absolute Gasteiger partial charge is 0.416 e. The van der Waals surface area contributed by atoms with E-state index in [1.54, 1.807) is 25.1 Å². The third-order valence-electron chi connectivity index (χ3n) is 6.63. The predicted octanol–water partition coefficient (Wildman–Crippen LogP) is 9.03. The second-order valence-electron chi connectivity index (χ2n) is 9.44. The molecule has 0 bridgehead atoms. The van der Waals surface area contributed by atoms with E-state index in [-0.39, 0.29) is 12.0 Å². The number of aromatic nitrogens is 2. The van der Waals surface area contributed by atoms with E-state index in [1.165, 1.54) is 13.0 Å². The average Bonchev–Trinajstić information content (AvgIpc) is 3.29. The number of aromatic amines is 1. The summed E-state index contributed by atoms with van der Waals surface area (Å²) in [6.07, 6.45) is 4.45. The molecule has 214 valence electrons. The Hall–Kier alpha value is -3.36. The lowest BCUT2D eigenvalue weighted by atomic mass is 9.93. The number of fused-ring (bicyclic) bond motifs is 1. The number of allylic oxidation sites excluding steroid dienone is 10. The van der Waals surface area contributed by atoms with Crippen molar-refractivity contribution in [3.8, 4) is 0 Å². The monoisotopic (exact) mass is 550 g/mol. The molecule has 2 aromatic rings. The minimum absolute atomic E-state index is 0.000323. The van der Waals surface area contributed by atoms with Crippen LogP contribution in [0.1, 0.15) is 65.4 Å². The number of rotatable bonds is 7. The fourth-order valence-electron chi connectivity index (χ4n) is 4.19. The van der Waals surface area contributed by atoms with Gasteiger partial charge in [0.05, 0.1) is 11.1 Å². The van der Waals surface area contributed by atoms with E-state index in [4.69, 9.17) is 5.73 Å². The van der Waals surface area contributed by atoms with Gasteiger partial charge in [0.2, 0.25) is 0 Å². The molecule has 4 nitrogen and oxygen atoms in total. The Kier molecular flexibility index (Phi) is 12.0.